The molecule has 0 saturated carbocycles. The Labute approximate surface area is 152 Å². The van der Waals surface area contributed by atoms with Crippen LogP contribution in [0.2, 0.25) is 0 Å². The summed E-state index contributed by atoms with van der Waals surface area (Å²) in [6, 6.07) is 15.4. The summed E-state index contributed by atoms with van der Waals surface area (Å²) in [6.45, 7) is 0.465. The van der Waals surface area contributed by atoms with Crippen LogP contribution >= 0.6 is 0 Å². The molecule has 6 nitrogen and oxygen atoms in total. The summed E-state index contributed by atoms with van der Waals surface area (Å²) in [6.07, 6.45) is 3.23. The number of benzene rings is 2. The van der Waals surface area contributed by atoms with Crippen molar-refractivity contribution in [3.63, 3.8) is 0 Å². The fraction of sp³-hybridized carbons (Fsp3) is 0.158. The number of hydrazone groups is 1. The third kappa shape index (κ3) is 6.48. The van der Waals surface area contributed by atoms with Gasteiger partial charge in [0, 0.05) is 14.1 Å². The van der Waals surface area contributed by atoms with Gasteiger partial charge in [0.25, 0.3) is 0 Å². The topological polar surface area (TPSA) is 77.6 Å². The summed E-state index contributed by atoms with van der Waals surface area (Å²) in [5.41, 5.74) is 5.11. The van der Waals surface area contributed by atoms with Crippen molar-refractivity contribution < 1.29 is 4.39 Å². The number of nitrogens with zero attached hydrogens (tertiary/aromatic N) is 4. The molecule has 2 aromatic carbocycles. The van der Waals surface area contributed by atoms with Crippen LogP contribution in [0.5, 0.6) is 0 Å². The molecule has 2 rings (SSSR count). The molecule has 2 aromatic rings. The minimum atomic E-state index is -0.272. The first kappa shape index (κ1) is 18.7. The Balaban J connectivity index is 2.05. The molecule has 0 unspecified atom stereocenters. The molecule has 132 valence electrons. The average molecular weight is 351 g/mol. The number of nitrogens with one attached hydrogen (secondary N) is 2. The Morgan fingerprint density at radius 1 is 1.27 bits per heavy atom. The molecular formula is C19H20FN6+. The van der Waals surface area contributed by atoms with E-state index in [0.717, 1.165) is 11.1 Å². The van der Waals surface area contributed by atoms with Crippen LogP contribution in [0.3, 0.4) is 0 Å². The van der Waals surface area contributed by atoms with Crippen LogP contribution in [-0.4, -0.2) is 37.5 Å². The Kier molecular flexibility index (Phi) is 6.93. The minimum Gasteiger partial charge on any atom is -0.307 e. The SMILES string of the molecule is CN(C)C=[N+]=C(NCc1ccc(F)cc1)NN=Cc1cccc(C#N)c1. The molecular weight excluding hydrogens is 331 g/mol. The maximum Gasteiger partial charge on any atom is 0.417 e. The van der Waals surface area contributed by atoms with Gasteiger partial charge in [-0.2, -0.15) is 10.7 Å². The predicted molar refractivity (Wildman–Crippen MR) is 102 cm³/mol. The molecule has 0 aliphatic heterocycles. The molecule has 0 radical (unpaired) electrons. The molecule has 0 amide bonds. The van der Waals surface area contributed by atoms with E-state index in [0.29, 0.717) is 18.1 Å². The van der Waals surface area contributed by atoms with Crippen LogP contribution in [0.15, 0.2) is 53.6 Å². The Morgan fingerprint density at radius 2 is 2.04 bits per heavy atom. The highest BCUT2D eigenvalue weighted by Gasteiger charge is 2.05. The monoisotopic (exact) mass is 351 g/mol. The summed E-state index contributed by atoms with van der Waals surface area (Å²) in [5, 5.41) is 16.2. The van der Waals surface area contributed by atoms with Crippen LogP contribution in [0.25, 0.3) is 0 Å². The van der Waals surface area contributed by atoms with E-state index < -0.39 is 0 Å². The Hall–Kier alpha value is -3.62. The summed E-state index contributed by atoms with van der Waals surface area (Å²) in [7, 11) is 3.72. The first-order valence-corrected chi connectivity index (χ1v) is 7.92. The molecule has 0 bridgehead atoms. The van der Waals surface area contributed by atoms with Crippen molar-refractivity contribution in [3.8, 4) is 6.07 Å². The second-order valence-corrected chi connectivity index (χ2v) is 5.64. The van der Waals surface area contributed by atoms with Crippen LogP contribution < -0.4 is 15.4 Å². The van der Waals surface area contributed by atoms with Crippen molar-refractivity contribution in [1.82, 2.24) is 20.3 Å². The molecule has 0 spiro atoms. The third-order valence-corrected chi connectivity index (χ3v) is 3.19. The van der Waals surface area contributed by atoms with Crippen LogP contribution in [0, 0.1) is 17.1 Å². The lowest BCUT2D eigenvalue weighted by atomic mass is 10.1. The molecule has 2 N–H and O–H groups in total. The molecule has 26 heavy (non-hydrogen) atoms. The van der Waals surface area contributed by atoms with E-state index in [1.165, 1.54) is 12.1 Å². The van der Waals surface area contributed by atoms with E-state index in [-0.39, 0.29) is 5.82 Å². The largest absolute Gasteiger partial charge is 0.417 e. The minimum absolute atomic E-state index is 0.272. The van der Waals surface area contributed by atoms with Gasteiger partial charge in [0.1, 0.15) is 5.82 Å². The summed E-state index contributed by atoms with van der Waals surface area (Å²) < 4.78 is 17.2. The molecule has 7 heteroatoms. The van der Waals surface area contributed by atoms with E-state index in [9.17, 15) is 4.39 Å². The van der Waals surface area contributed by atoms with Crippen molar-refractivity contribution in [3.05, 3.63) is 71.0 Å². The van der Waals surface area contributed by atoms with Gasteiger partial charge in [0.15, 0.2) is 0 Å². The van der Waals surface area contributed by atoms with E-state index in [1.54, 1.807) is 47.8 Å². The van der Waals surface area contributed by atoms with Gasteiger partial charge in [-0.3, -0.25) is 5.32 Å². The zero-order valence-electron chi connectivity index (χ0n) is 14.6. The molecule has 0 atom stereocenters. The highest BCUT2D eigenvalue weighted by Crippen LogP contribution is 2.02. The number of nitriles is 1. The van der Waals surface area contributed by atoms with Crippen molar-refractivity contribution in [2.24, 2.45) is 5.10 Å². The van der Waals surface area contributed by atoms with E-state index in [4.69, 9.17) is 5.26 Å². The van der Waals surface area contributed by atoms with E-state index in [1.807, 2.05) is 20.2 Å². The standard InChI is InChI=1S/C19H19FN6/c1-26(2)14-23-19(22-12-15-6-8-18(20)9-7-15)25-24-13-17-5-3-4-16(10-17)11-21/h3-10,13-14H,12H2,1-2H3,(H,22,25)/p+1. The number of hydrogen-bond acceptors (Lipinski definition) is 2. The maximum atomic E-state index is 13.0. The lowest BCUT2D eigenvalue weighted by Gasteiger charge is -2.02. The first-order valence-electron chi connectivity index (χ1n) is 7.92. The summed E-state index contributed by atoms with van der Waals surface area (Å²) >= 11 is 0. The smallest absolute Gasteiger partial charge is 0.307 e. The molecule has 0 aliphatic rings. The second-order valence-electron chi connectivity index (χ2n) is 5.64. The number of hydrogen-bond donors (Lipinski definition) is 2. The fourth-order valence-electron chi connectivity index (χ4n) is 1.93. The van der Waals surface area contributed by atoms with E-state index in [2.05, 4.69) is 26.6 Å². The van der Waals surface area contributed by atoms with Gasteiger partial charge in [-0.15, -0.1) is 5.10 Å². The highest BCUT2D eigenvalue weighted by atomic mass is 19.1. The van der Waals surface area contributed by atoms with Gasteiger partial charge in [0.05, 0.1) is 24.4 Å². The van der Waals surface area contributed by atoms with Crippen LogP contribution in [-0.2, 0) is 6.54 Å². The Morgan fingerprint density at radius 3 is 2.73 bits per heavy atom. The van der Waals surface area contributed by atoms with Crippen LogP contribution in [0.4, 0.5) is 4.39 Å². The lowest BCUT2D eigenvalue weighted by Crippen LogP contribution is -2.36. The van der Waals surface area contributed by atoms with Gasteiger partial charge in [-0.25, -0.2) is 9.06 Å². The van der Waals surface area contributed by atoms with E-state index >= 15 is 0 Å². The zero-order valence-corrected chi connectivity index (χ0v) is 14.6. The number of halogens is 1. The van der Waals surface area contributed by atoms with Crippen molar-refractivity contribution >= 4 is 18.5 Å². The quantitative estimate of drug-likeness (QED) is 0.370. The van der Waals surface area contributed by atoms with Gasteiger partial charge >= 0.3 is 5.96 Å². The van der Waals surface area contributed by atoms with Crippen molar-refractivity contribution in [1.29, 1.82) is 5.26 Å². The summed E-state index contributed by atoms with van der Waals surface area (Å²) in [4.78, 5) is 1.79. The third-order valence-electron chi connectivity index (χ3n) is 3.19. The number of guanidine groups is 1. The lowest BCUT2D eigenvalue weighted by molar-refractivity contribution is 0.626. The summed E-state index contributed by atoms with van der Waals surface area (Å²) in [5.74, 6) is 0.168. The molecule has 0 heterocycles. The zero-order chi connectivity index (χ0) is 18.8. The van der Waals surface area contributed by atoms with Crippen molar-refractivity contribution in [2.75, 3.05) is 14.1 Å². The normalized spacial score (nSPS) is 9.92. The van der Waals surface area contributed by atoms with Gasteiger partial charge in [-0.05, 0) is 35.4 Å². The predicted octanol–water partition coefficient (Wildman–Crippen LogP) is 1.42. The fourth-order valence-corrected chi connectivity index (χ4v) is 1.93. The molecule has 0 fully saturated rings. The highest BCUT2D eigenvalue weighted by molar-refractivity contribution is 5.84. The van der Waals surface area contributed by atoms with Gasteiger partial charge in [-0.1, -0.05) is 24.3 Å². The maximum absolute atomic E-state index is 13.0. The second kappa shape index (κ2) is 9.62. The molecule has 0 aromatic heterocycles. The van der Waals surface area contributed by atoms with Gasteiger partial charge in [0.2, 0.25) is 6.34 Å². The average Bonchev–Trinajstić information content (AvgIpc) is 2.65. The van der Waals surface area contributed by atoms with Gasteiger partial charge < -0.3 is 4.90 Å². The van der Waals surface area contributed by atoms with Crippen molar-refractivity contribution in [2.45, 2.75) is 6.54 Å². The number of rotatable bonds is 5. The van der Waals surface area contributed by atoms with Crippen LogP contribution in [0.1, 0.15) is 16.7 Å². The molecule has 0 saturated heterocycles. The Bertz CT molecular complexity index is 858. The first-order chi connectivity index (χ1) is 12.6. The molecule has 0 aliphatic carbocycles.